The summed E-state index contributed by atoms with van der Waals surface area (Å²) < 4.78 is 16.2. The van der Waals surface area contributed by atoms with Crippen molar-refractivity contribution in [3.8, 4) is 5.75 Å². The Hall–Kier alpha value is -3.32. The van der Waals surface area contributed by atoms with Gasteiger partial charge in [0.05, 0.1) is 5.02 Å². The molecular weight excluding hydrogens is 458 g/mol. The second kappa shape index (κ2) is 10.3. The van der Waals surface area contributed by atoms with E-state index in [4.69, 9.17) is 25.5 Å². The number of carbonyl (C=O) groups excluding carboxylic acids is 2. The van der Waals surface area contributed by atoms with E-state index in [-0.39, 0.29) is 28.9 Å². The number of hydrogen-bond acceptors (Lipinski definition) is 6. The molecule has 1 heterocycles. The maximum atomic E-state index is 12.9. The van der Waals surface area contributed by atoms with Gasteiger partial charge >= 0.3 is 17.7 Å². The van der Waals surface area contributed by atoms with E-state index >= 15 is 0 Å². The molecule has 0 spiro atoms. The van der Waals surface area contributed by atoms with Gasteiger partial charge in [-0.3, -0.25) is 0 Å². The Morgan fingerprint density at radius 2 is 1.79 bits per heavy atom. The van der Waals surface area contributed by atoms with Crippen molar-refractivity contribution in [1.29, 1.82) is 0 Å². The van der Waals surface area contributed by atoms with Crippen LogP contribution in [-0.2, 0) is 29.0 Å². The van der Waals surface area contributed by atoms with Crippen LogP contribution in [0.5, 0.6) is 5.75 Å². The fourth-order valence-corrected chi connectivity index (χ4v) is 4.29. The lowest BCUT2D eigenvalue weighted by Crippen LogP contribution is -2.46. The first kappa shape index (κ1) is 23.8. The fraction of sp³-hybridized carbons (Fsp3) is 0.346. The Bertz CT molecular complexity index is 1270. The SMILES string of the molecule is CC(C)[C@@H](NC(=O)OCc1ccccc1)C(=O)Oc1cc2oc(=O)c3c(c2cc1Cl)CCCC3. The minimum Gasteiger partial charge on any atom is -0.445 e. The third-order valence-corrected chi connectivity index (χ3v) is 6.19. The largest absolute Gasteiger partial charge is 0.445 e. The quantitative estimate of drug-likeness (QED) is 0.295. The summed E-state index contributed by atoms with van der Waals surface area (Å²) in [6, 6.07) is 11.4. The summed E-state index contributed by atoms with van der Waals surface area (Å²) >= 11 is 6.43. The summed E-state index contributed by atoms with van der Waals surface area (Å²) in [4.78, 5) is 37.6. The smallest absolute Gasteiger partial charge is 0.408 e. The molecule has 8 heteroatoms. The Morgan fingerprint density at radius 1 is 1.09 bits per heavy atom. The highest BCUT2D eigenvalue weighted by molar-refractivity contribution is 6.33. The number of hydrogen-bond donors (Lipinski definition) is 1. The maximum absolute atomic E-state index is 12.9. The first-order valence-electron chi connectivity index (χ1n) is 11.3. The number of carbonyl (C=O) groups is 2. The molecule has 1 aliphatic rings. The molecule has 0 aliphatic heterocycles. The third-order valence-electron chi connectivity index (χ3n) is 5.89. The predicted octanol–water partition coefficient (Wildman–Crippen LogP) is 5.18. The van der Waals surface area contributed by atoms with Crippen molar-refractivity contribution in [1.82, 2.24) is 5.32 Å². The molecule has 7 nitrogen and oxygen atoms in total. The van der Waals surface area contributed by atoms with E-state index in [1.165, 1.54) is 6.07 Å². The number of alkyl carbamates (subject to hydrolysis) is 1. The molecule has 1 aromatic heterocycles. The van der Waals surface area contributed by atoms with Crippen LogP contribution in [0.25, 0.3) is 11.0 Å². The zero-order chi connectivity index (χ0) is 24.2. The van der Waals surface area contributed by atoms with Crippen molar-refractivity contribution in [3.05, 3.63) is 74.6 Å². The van der Waals surface area contributed by atoms with Crippen LogP contribution >= 0.6 is 11.6 Å². The van der Waals surface area contributed by atoms with Crippen LogP contribution in [0.3, 0.4) is 0 Å². The number of amides is 1. The molecule has 1 N–H and O–H groups in total. The Morgan fingerprint density at radius 3 is 2.50 bits per heavy atom. The number of rotatable bonds is 6. The molecule has 0 radical (unpaired) electrons. The summed E-state index contributed by atoms with van der Waals surface area (Å²) in [5.74, 6) is -0.919. The molecule has 0 bridgehead atoms. The van der Waals surface area contributed by atoms with E-state index in [2.05, 4.69) is 5.32 Å². The minimum absolute atomic E-state index is 0.0585. The molecule has 0 saturated carbocycles. The molecule has 1 aliphatic carbocycles. The van der Waals surface area contributed by atoms with Crippen molar-refractivity contribution in [2.24, 2.45) is 5.92 Å². The van der Waals surface area contributed by atoms with Gasteiger partial charge in [0, 0.05) is 17.0 Å². The maximum Gasteiger partial charge on any atom is 0.408 e. The van der Waals surface area contributed by atoms with Crippen molar-refractivity contribution in [2.75, 3.05) is 0 Å². The summed E-state index contributed by atoms with van der Waals surface area (Å²) in [5, 5.41) is 3.53. The average molecular weight is 484 g/mol. The van der Waals surface area contributed by atoms with Crippen molar-refractivity contribution in [2.45, 2.75) is 52.2 Å². The lowest BCUT2D eigenvalue weighted by Gasteiger charge is -2.21. The van der Waals surface area contributed by atoms with Gasteiger partial charge in [0.1, 0.15) is 18.2 Å². The van der Waals surface area contributed by atoms with Gasteiger partial charge in [-0.15, -0.1) is 0 Å². The van der Waals surface area contributed by atoms with Gasteiger partial charge in [-0.25, -0.2) is 14.4 Å². The highest BCUT2D eigenvalue weighted by Gasteiger charge is 2.28. The van der Waals surface area contributed by atoms with Crippen LogP contribution in [0.1, 0.15) is 43.4 Å². The molecule has 3 aromatic rings. The van der Waals surface area contributed by atoms with Gasteiger partial charge in [0.15, 0.2) is 5.75 Å². The number of nitrogens with one attached hydrogen (secondary N) is 1. The first-order chi connectivity index (χ1) is 16.3. The minimum atomic E-state index is -0.967. The number of aryl methyl sites for hydroxylation is 1. The van der Waals surface area contributed by atoms with Crippen molar-refractivity contribution >= 4 is 34.6 Å². The van der Waals surface area contributed by atoms with Gasteiger partial charge in [0.25, 0.3) is 0 Å². The molecule has 0 unspecified atom stereocenters. The Labute approximate surface area is 202 Å². The molecule has 178 valence electrons. The number of esters is 1. The Balaban J connectivity index is 1.50. The standard InChI is InChI=1S/C26H26ClNO6/c1-15(2)23(28-26(31)32-14-16-8-4-3-5-9-16)25(30)34-22-13-21-19(12-20(22)27)17-10-6-7-11-18(17)24(29)33-21/h3-5,8-9,12-13,15,23H,6-7,10-11,14H2,1-2H3,(H,28,31)/t23-/m1/s1. The lowest BCUT2D eigenvalue weighted by atomic mass is 9.90. The van der Waals surface area contributed by atoms with Gasteiger partial charge in [-0.1, -0.05) is 55.8 Å². The number of benzene rings is 2. The highest BCUT2D eigenvalue weighted by Crippen LogP contribution is 2.34. The second-order valence-corrected chi connectivity index (χ2v) is 9.09. The van der Waals surface area contributed by atoms with Gasteiger partial charge in [-0.2, -0.15) is 0 Å². The van der Waals surface area contributed by atoms with Crippen LogP contribution in [-0.4, -0.2) is 18.1 Å². The molecule has 2 aromatic carbocycles. The Kier molecular flexibility index (Phi) is 7.22. The van der Waals surface area contributed by atoms with Crippen LogP contribution in [0.4, 0.5) is 4.79 Å². The average Bonchev–Trinajstić information content (AvgIpc) is 2.83. The molecule has 1 atom stereocenters. The van der Waals surface area contributed by atoms with Crippen LogP contribution in [0.2, 0.25) is 5.02 Å². The van der Waals surface area contributed by atoms with E-state index in [1.54, 1.807) is 19.9 Å². The topological polar surface area (TPSA) is 94.8 Å². The predicted molar refractivity (Wildman–Crippen MR) is 128 cm³/mol. The zero-order valence-corrected chi connectivity index (χ0v) is 19.8. The zero-order valence-electron chi connectivity index (χ0n) is 19.1. The summed E-state index contributed by atoms with van der Waals surface area (Å²) in [6.45, 7) is 3.62. The molecule has 0 saturated heterocycles. The summed E-state index contributed by atoms with van der Waals surface area (Å²) in [5.41, 5.74) is 2.41. The molecule has 34 heavy (non-hydrogen) atoms. The molecule has 4 rings (SSSR count). The van der Waals surface area contributed by atoms with E-state index in [0.717, 1.165) is 35.8 Å². The normalized spacial score (nSPS) is 13.9. The molecular formula is C26H26ClNO6. The molecule has 1 amide bonds. The van der Waals surface area contributed by atoms with Crippen molar-refractivity contribution in [3.63, 3.8) is 0 Å². The summed E-state index contributed by atoms with van der Waals surface area (Å²) in [7, 11) is 0. The third kappa shape index (κ3) is 5.25. The van der Waals surface area contributed by atoms with Gasteiger partial charge < -0.3 is 19.2 Å². The highest BCUT2D eigenvalue weighted by atomic mass is 35.5. The molecule has 0 fully saturated rings. The van der Waals surface area contributed by atoms with E-state index in [9.17, 15) is 14.4 Å². The monoisotopic (exact) mass is 483 g/mol. The summed E-state index contributed by atoms with van der Waals surface area (Å²) in [6.07, 6.45) is 2.66. The van der Waals surface area contributed by atoms with Gasteiger partial charge in [-0.05, 0) is 48.8 Å². The van der Waals surface area contributed by atoms with E-state index in [0.29, 0.717) is 17.6 Å². The fourth-order valence-electron chi connectivity index (χ4n) is 4.08. The number of ether oxygens (including phenoxy) is 2. The van der Waals surface area contributed by atoms with E-state index < -0.39 is 18.1 Å². The van der Waals surface area contributed by atoms with Crippen LogP contribution in [0, 0.1) is 5.92 Å². The van der Waals surface area contributed by atoms with E-state index in [1.807, 2.05) is 30.3 Å². The van der Waals surface area contributed by atoms with Crippen molar-refractivity contribution < 1.29 is 23.5 Å². The van der Waals surface area contributed by atoms with Gasteiger partial charge in [0.2, 0.25) is 0 Å². The lowest BCUT2D eigenvalue weighted by molar-refractivity contribution is -0.137. The van der Waals surface area contributed by atoms with Crippen LogP contribution < -0.4 is 15.7 Å². The number of halogens is 1. The first-order valence-corrected chi connectivity index (χ1v) is 11.7. The second-order valence-electron chi connectivity index (χ2n) is 8.68. The van der Waals surface area contributed by atoms with Crippen LogP contribution in [0.15, 0.2) is 51.7 Å². The number of fused-ring (bicyclic) bond motifs is 3.